The third kappa shape index (κ3) is 3.75. The summed E-state index contributed by atoms with van der Waals surface area (Å²) in [7, 11) is 1.76. The second-order valence-corrected chi connectivity index (χ2v) is 8.70. The number of ether oxygens (including phenoxy) is 1. The van der Waals surface area contributed by atoms with Gasteiger partial charge in [0.25, 0.3) is 5.91 Å². The van der Waals surface area contributed by atoms with Gasteiger partial charge in [0, 0.05) is 38.5 Å². The van der Waals surface area contributed by atoms with Crippen LogP contribution in [0.3, 0.4) is 0 Å². The molecule has 2 N–H and O–H groups in total. The molecule has 2 aliphatic heterocycles. The minimum Gasteiger partial charge on any atom is -0.381 e. The first-order valence-corrected chi connectivity index (χ1v) is 11.5. The average molecular weight is 474 g/mol. The predicted molar refractivity (Wildman–Crippen MR) is 129 cm³/mol. The van der Waals surface area contributed by atoms with Gasteiger partial charge in [-0.1, -0.05) is 0 Å². The van der Waals surface area contributed by atoms with E-state index in [4.69, 9.17) is 4.74 Å². The average Bonchev–Trinajstić information content (AvgIpc) is 3.50. The van der Waals surface area contributed by atoms with E-state index in [1.54, 1.807) is 36.2 Å². The molecule has 6 rings (SSSR count). The van der Waals surface area contributed by atoms with E-state index < -0.39 is 5.82 Å². The minimum absolute atomic E-state index is 0.191. The highest BCUT2D eigenvalue weighted by Crippen LogP contribution is 2.34. The van der Waals surface area contributed by atoms with Crippen molar-refractivity contribution in [2.45, 2.75) is 25.5 Å². The number of fused-ring (bicyclic) bond motifs is 2. The van der Waals surface area contributed by atoms with Gasteiger partial charge in [-0.25, -0.2) is 14.4 Å². The number of nitrogens with zero attached hydrogens (tertiary/aromatic N) is 5. The largest absolute Gasteiger partial charge is 0.381 e. The van der Waals surface area contributed by atoms with Crippen LogP contribution in [0, 0.1) is 5.82 Å². The SMILES string of the molecule is COC1CCN(c2ccc(Nc3cnc(-c4cnc5c(F)cccn45)c4c3C(=O)NC4)nc2)CC1. The Labute approximate surface area is 201 Å². The molecule has 0 radical (unpaired) electrons. The van der Waals surface area contributed by atoms with Crippen LogP contribution in [0.15, 0.2) is 49.1 Å². The lowest BCUT2D eigenvalue weighted by Crippen LogP contribution is -2.36. The summed E-state index contributed by atoms with van der Waals surface area (Å²) in [6.07, 6.45) is 9.07. The number of amides is 1. The zero-order chi connectivity index (χ0) is 23.9. The molecule has 35 heavy (non-hydrogen) atoms. The van der Waals surface area contributed by atoms with Gasteiger partial charge in [-0.15, -0.1) is 0 Å². The van der Waals surface area contributed by atoms with Gasteiger partial charge < -0.3 is 20.3 Å². The van der Waals surface area contributed by atoms with Gasteiger partial charge >= 0.3 is 0 Å². The minimum atomic E-state index is -0.416. The van der Waals surface area contributed by atoms with Crippen LogP contribution >= 0.6 is 0 Å². The van der Waals surface area contributed by atoms with E-state index in [0.717, 1.165) is 37.2 Å². The molecule has 178 valence electrons. The lowest BCUT2D eigenvalue weighted by molar-refractivity contribution is 0.0819. The normalized spacial score (nSPS) is 15.9. The van der Waals surface area contributed by atoms with Crippen molar-refractivity contribution in [3.63, 3.8) is 0 Å². The molecule has 2 aliphatic rings. The van der Waals surface area contributed by atoms with Crippen LogP contribution in [0.5, 0.6) is 0 Å². The quantitative estimate of drug-likeness (QED) is 0.458. The summed E-state index contributed by atoms with van der Waals surface area (Å²) in [6.45, 7) is 2.19. The van der Waals surface area contributed by atoms with Crippen molar-refractivity contribution >= 4 is 28.7 Å². The summed E-state index contributed by atoms with van der Waals surface area (Å²) in [5.41, 5.74) is 4.30. The topological polar surface area (TPSA) is 96.7 Å². The van der Waals surface area contributed by atoms with Gasteiger partial charge in [0.05, 0.1) is 53.0 Å². The lowest BCUT2D eigenvalue weighted by Gasteiger charge is -2.32. The highest BCUT2D eigenvalue weighted by molar-refractivity contribution is 6.05. The Morgan fingerprint density at radius 1 is 1.11 bits per heavy atom. The smallest absolute Gasteiger partial charge is 0.254 e. The van der Waals surface area contributed by atoms with Gasteiger partial charge in [-0.05, 0) is 37.1 Å². The number of methoxy groups -OCH3 is 1. The maximum Gasteiger partial charge on any atom is 0.254 e. The molecule has 0 aromatic carbocycles. The molecule has 6 heterocycles. The number of hydrogen-bond acceptors (Lipinski definition) is 7. The van der Waals surface area contributed by atoms with Gasteiger partial charge in [-0.3, -0.25) is 14.2 Å². The van der Waals surface area contributed by atoms with Crippen molar-refractivity contribution in [3.8, 4) is 11.4 Å². The summed E-state index contributed by atoms with van der Waals surface area (Å²) in [4.78, 5) is 28.4. The number of carbonyl (C=O) groups excluding carboxylic acids is 1. The molecule has 4 aromatic heterocycles. The van der Waals surface area contributed by atoms with Gasteiger partial charge in [0.1, 0.15) is 5.82 Å². The van der Waals surface area contributed by atoms with E-state index in [1.807, 2.05) is 18.3 Å². The van der Waals surface area contributed by atoms with Crippen LogP contribution in [0.25, 0.3) is 17.0 Å². The van der Waals surface area contributed by atoms with E-state index in [-0.39, 0.29) is 11.6 Å². The van der Waals surface area contributed by atoms with Crippen molar-refractivity contribution in [1.82, 2.24) is 24.7 Å². The number of anilines is 3. The molecule has 0 spiro atoms. The van der Waals surface area contributed by atoms with E-state index >= 15 is 0 Å². The summed E-state index contributed by atoms with van der Waals surface area (Å²) >= 11 is 0. The third-order valence-electron chi connectivity index (χ3n) is 6.71. The number of rotatable bonds is 5. The van der Waals surface area contributed by atoms with Crippen LogP contribution in [0.4, 0.5) is 21.6 Å². The molecule has 1 fully saturated rings. The van der Waals surface area contributed by atoms with Crippen LogP contribution in [-0.4, -0.2) is 51.6 Å². The maximum atomic E-state index is 14.1. The van der Waals surface area contributed by atoms with Crippen LogP contribution in [0.1, 0.15) is 28.8 Å². The molecule has 0 atom stereocenters. The molecule has 1 amide bonds. The number of carbonyl (C=O) groups is 1. The Morgan fingerprint density at radius 3 is 2.74 bits per heavy atom. The van der Waals surface area contributed by atoms with Crippen LogP contribution < -0.4 is 15.5 Å². The van der Waals surface area contributed by atoms with Crippen LogP contribution in [-0.2, 0) is 11.3 Å². The molecular formula is C25H24FN7O2. The van der Waals surface area contributed by atoms with Crippen molar-refractivity contribution in [3.05, 3.63) is 66.0 Å². The summed E-state index contributed by atoms with van der Waals surface area (Å²) in [5.74, 6) is 0.0121. The Bertz CT molecular complexity index is 1410. The summed E-state index contributed by atoms with van der Waals surface area (Å²) in [6, 6.07) is 6.90. The fourth-order valence-electron chi connectivity index (χ4n) is 4.84. The molecule has 0 unspecified atom stereocenters. The Hall–Kier alpha value is -4.05. The second kappa shape index (κ2) is 8.62. The van der Waals surface area contributed by atoms with Crippen LogP contribution in [0.2, 0.25) is 0 Å². The summed E-state index contributed by atoms with van der Waals surface area (Å²) < 4.78 is 21.2. The Balaban J connectivity index is 1.28. The third-order valence-corrected chi connectivity index (χ3v) is 6.71. The number of piperidine rings is 1. The fraction of sp³-hybridized carbons (Fsp3) is 0.280. The molecule has 1 saturated heterocycles. The van der Waals surface area contributed by atoms with Crippen molar-refractivity contribution in [1.29, 1.82) is 0 Å². The first-order chi connectivity index (χ1) is 17.1. The number of nitrogens with one attached hydrogen (secondary N) is 2. The number of hydrogen-bond donors (Lipinski definition) is 2. The molecule has 9 nitrogen and oxygen atoms in total. The van der Waals surface area contributed by atoms with E-state index in [1.165, 1.54) is 6.07 Å². The Kier molecular flexibility index (Phi) is 5.29. The zero-order valence-corrected chi connectivity index (χ0v) is 19.2. The molecule has 10 heteroatoms. The zero-order valence-electron chi connectivity index (χ0n) is 19.2. The molecule has 0 bridgehead atoms. The molecule has 0 saturated carbocycles. The molecule has 0 aliphatic carbocycles. The number of pyridine rings is 3. The second-order valence-electron chi connectivity index (χ2n) is 8.70. The highest BCUT2D eigenvalue weighted by atomic mass is 19.1. The lowest BCUT2D eigenvalue weighted by atomic mass is 10.1. The van der Waals surface area contributed by atoms with Gasteiger partial charge in [-0.2, -0.15) is 0 Å². The van der Waals surface area contributed by atoms with Crippen molar-refractivity contribution < 1.29 is 13.9 Å². The number of halogens is 1. The van der Waals surface area contributed by atoms with Crippen molar-refractivity contribution in [2.24, 2.45) is 0 Å². The summed E-state index contributed by atoms with van der Waals surface area (Å²) in [5, 5.41) is 6.12. The fourth-order valence-corrected chi connectivity index (χ4v) is 4.84. The molecular weight excluding hydrogens is 449 g/mol. The highest BCUT2D eigenvalue weighted by Gasteiger charge is 2.28. The van der Waals surface area contributed by atoms with Crippen molar-refractivity contribution in [2.75, 3.05) is 30.4 Å². The van der Waals surface area contributed by atoms with Gasteiger partial charge in [0.15, 0.2) is 11.5 Å². The first-order valence-electron chi connectivity index (χ1n) is 11.5. The van der Waals surface area contributed by atoms with E-state index in [0.29, 0.717) is 41.1 Å². The van der Waals surface area contributed by atoms with Gasteiger partial charge in [0.2, 0.25) is 0 Å². The Morgan fingerprint density at radius 2 is 1.97 bits per heavy atom. The standard InChI is InChI=1S/C25H24FN7O2/c1-35-16-6-9-32(10-7-16)15-4-5-21(27-11-15)31-19-13-28-23(17-12-30-25(34)22(17)19)20-14-29-24-18(26)3-2-8-33(20)24/h2-5,8,11,13-14,16H,6-7,9-10,12H2,1H3,(H,27,31)(H,30,34). The maximum absolute atomic E-state index is 14.1. The van der Waals surface area contributed by atoms with E-state index in [2.05, 4.69) is 30.5 Å². The predicted octanol–water partition coefficient (Wildman–Crippen LogP) is 3.53. The first kappa shape index (κ1) is 21.5. The number of aromatic nitrogens is 4. The van der Waals surface area contributed by atoms with E-state index in [9.17, 15) is 9.18 Å². The number of imidazole rings is 1. The molecule has 4 aromatic rings. The monoisotopic (exact) mass is 473 g/mol.